The van der Waals surface area contributed by atoms with Gasteiger partial charge in [0, 0.05) is 6.54 Å². The van der Waals surface area contributed by atoms with Crippen molar-refractivity contribution in [1.82, 2.24) is 10.6 Å². The summed E-state index contributed by atoms with van der Waals surface area (Å²) in [4.78, 5) is 11.6. The number of rotatable bonds is 9. The molecule has 0 spiro atoms. The molecule has 3 heteroatoms. The molecule has 3 nitrogen and oxygen atoms in total. The fourth-order valence-electron chi connectivity index (χ4n) is 2.03. The van der Waals surface area contributed by atoms with Crippen LogP contribution in [0.3, 0.4) is 0 Å². The Morgan fingerprint density at radius 1 is 1.05 bits per heavy atom. The van der Waals surface area contributed by atoms with Crippen LogP contribution < -0.4 is 10.6 Å². The highest BCUT2D eigenvalue weighted by atomic mass is 16.1. The van der Waals surface area contributed by atoms with E-state index in [2.05, 4.69) is 55.7 Å². The largest absolute Gasteiger partial charge is 0.355 e. The van der Waals surface area contributed by atoms with Crippen molar-refractivity contribution in [2.24, 2.45) is 5.92 Å². The fraction of sp³-hybridized carbons (Fsp3) is 0.588. The van der Waals surface area contributed by atoms with Crippen molar-refractivity contribution in [2.75, 3.05) is 19.6 Å². The van der Waals surface area contributed by atoms with Gasteiger partial charge in [-0.1, -0.05) is 51.1 Å². The van der Waals surface area contributed by atoms with Gasteiger partial charge in [0.15, 0.2) is 0 Å². The lowest BCUT2D eigenvalue weighted by atomic mass is 9.98. The zero-order valence-electron chi connectivity index (χ0n) is 13.0. The molecule has 0 aliphatic heterocycles. The third kappa shape index (κ3) is 7.29. The van der Waals surface area contributed by atoms with Crippen molar-refractivity contribution in [3.63, 3.8) is 0 Å². The van der Waals surface area contributed by atoms with E-state index >= 15 is 0 Å². The Morgan fingerprint density at radius 3 is 2.40 bits per heavy atom. The smallest absolute Gasteiger partial charge is 0.233 e. The normalized spacial score (nSPS) is 12.4. The van der Waals surface area contributed by atoms with Crippen molar-refractivity contribution in [2.45, 2.75) is 39.5 Å². The summed E-state index contributed by atoms with van der Waals surface area (Å²) < 4.78 is 0. The Hall–Kier alpha value is -1.35. The Labute approximate surface area is 123 Å². The molecule has 1 aromatic carbocycles. The third-order valence-corrected chi connectivity index (χ3v) is 3.45. The minimum absolute atomic E-state index is 0.0954. The summed E-state index contributed by atoms with van der Waals surface area (Å²) in [5.41, 5.74) is 1.36. The molecule has 0 heterocycles. The van der Waals surface area contributed by atoms with E-state index in [1.165, 1.54) is 5.56 Å². The molecule has 0 aliphatic carbocycles. The van der Waals surface area contributed by atoms with Crippen LogP contribution in [0.1, 0.15) is 45.1 Å². The summed E-state index contributed by atoms with van der Waals surface area (Å²) in [5, 5.41) is 6.14. The first kappa shape index (κ1) is 16.7. The maximum absolute atomic E-state index is 11.6. The van der Waals surface area contributed by atoms with Gasteiger partial charge in [0.05, 0.1) is 6.54 Å². The third-order valence-electron chi connectivity index (χ3n) is 3.45. The van der Waals surface area contributed by atoms with E-state index in [1.807, 2.05) is 6.07 Å². The zero-order chi connectivity index (χ0) is 14.8. The molecule has 0 aliphatic rings. The second-order valence-corrected chi connectivity index (χ2v) is 5.81. The molecule has 1 rings (SSSR count). The number of hydrogen-bond donors (Lipinski definition) is 2. The molecule has 0 radical (unpaired) electrons. The highest BCUT2D eigenvalue weighted by Crippen LogP contribution is 2.17. The minimum atomic E-state index is 0.0954. The molecular formula is C17H28N2O. The number of benzene rings is 1. The Balaban J connectivity index is 2.08. The van der Waals surface area contributed by atoms with E-state index in [-0.39, 0.29) is 5.91 Å². The molecule has 0 saturated carbocycles. The summed E-state index contributed by atoms with van der Waals surface area (Å²) >= 11 is 0. The Morgan fingerprint density at radius 2 is 1.75 bits per heavy atom. The van der Waals surface area contributed by atoms with Crippen LogP contribution in [-0.2, 0) is 4.79 Å². The van der Waals surface area contributed by atoms with Crippen molar-refractivity contribution in [3.05, 3.63) is 35.9 Å². The van der Waals surface area contributed by atoms with Gasteiger partial charge in [-0.15, -0.1) is 0 Å². The van der Waals surface area contributed by atoms with E-state index < -0.39 is 0 Å². The molecule has 0 saturated heterocycles. The molecule has 1 aromatic rings. The molecule has 0 fully saturated rings. The van der Waals surface area contributed by atoms with Gasteiger partial charge >= 0.3 is 0 Å². The van der Waals surface area contributed by atoms with Gasteiger partial charge in [-0.2, -0.15) is 0 Å². The van der Waals surface area contributed by atoms with E-state index in [9.17, 15) is 4.79 Å². The lowest BCUT2D eigenvalue weighted by Crippen LogP contribution is -2.35. The average Bonchev–Trinajstić information content (AvgIpc) is 2.44. The van der Waals surface area contributed by atoms with Crippen molar-refractivity contribution >= 4 is 5.91 Å². The second-order valence-electron chi connectivity index (χ2n) is 5.81. The second kappa shape index (κ2) is 9.54. The summed E-state index contributed by atoms with van der Waals surface area (Å²) in [6.45, 7) is 8.61. The van der Waals surface area contributed by atoms with Gasteiger partial charge in [-0.05, 0) is 36.8 Å². The summed E-state index contributed by atoms with van der Waals surface area (Å²) in [6, 6.07) is 10.5. The van der Waals surface area contributed by atoms with Gasteiger partial charge < -0.3 is 10.6 Å². The molecule has 2 N–H and O–H groups in total. The molecular weight excluding hydrogens is 248 g/mol. The molecule has 112 valence electrons. The first-order valence-corrected chi connectivity index (χ1v) is 7.62. The average molecular weight is 276 g/mol. The molecule has 0 bridgehead atoms. The molecule has 1 amide bonds. The highest BCUT2D eigenvalue weighted by Gasteiger charge is 2.05. The lowest BCUT2D eigenvalue weighted by Gasteiger charge is -2.12. The van der Waals surface area contributed by atoms with E-state index in [0.29, 0.717) is 18.4 Å². The predicted octanol–water partition coefficient (Wildman–Crippen LogP) is 2.93. The standard InChI is InChI=1S/C17H28N2O/c1-14(2)9-12-19-17(20)13-18-11-10-15(3)16-7-5-4-6-8-16/h4-8,14-15,18H,9-13H2,1-3H3,(H,19,20). The van der Waals surface area contributed by atoms with Crippen molar-refractivity contribution < 1.29 is 4.79 Å². The van der Waals surface area contributed by atoms with Crippen LogP contribution in [0.2, 0.25) is 0 Å². The van der Waals surface area contributed by atoms with E-state index in [4.69, 9.17) is 0 Å². The Bertz CT molecular complexity index is 376. The fourth-order valence-corrected chi connectivity index (χ4v) is 2.03. The van der Waals surface area contributed by atoms with Gasteiger partial charge in [0.1, 0.15) is 0 Å². The van der Waals surface area contributed by atoms with Crippen LogP contribution >= 0.6 is 0 Å². The minimum Gasteiger partial charge on any atom is -0.355 e. The molecule has 20 heavy (non-hydrogen) atoms. The van der Waals surface area contributed by atoms with Gasteiger partial charge in [-0.3, -0.25) is 4.79 Å². The monoisotopic (exact) mass is 276 g/mol. The topological polar surface area (TPSA) is 41.1 Å². The van der Waals surface area contributed by atoms with E-state index in [1.54, 1.807) is 0 Å². The van der Waals surface area contributed by atoms with Crippen LogP contribution in [0.25, 0.3) is 0 Å². The van der Waals surface area contributed by atoms with Crippen molar-refractivity contribution in [1.29, 1.82) is 0 Å². The Kier molecular flexibility index (Phi) is 7.97. The highest BCUT2D eigenvalue weighted by molar-refractivity contribution is 5.77. The van der Waals surface area contributed by atoms with Crippen LogP contribution in [0, 0.1) is 5.92 Å². The quantitative estimate of drug-likeness (QED) is 0.681. The van der Waals surface area contributed by atoms with Crippen LogP contribution in [0.4, 0.5) is 0 Å². The zero-order valence-corrected chi connectivity index (χ0v) is 13.0. The number of carbonyl (C=O) groups excluding carboxylic acids is 1. The number of hydrogen-bond acceptors (Lipinski definition) is 2. The SMILES string of the molecule is CC(C)CCNC(=O)CNCCC(C)c1ccccc1. The lowest BCUT2D eigenvalue weighted by molar-refractivity contribution is -0.120. The van der Waals surface area contributed by atoms with Crippen LogP contribution in [0.5, 0.6) is 0 Å². The van der Waals surface area contributed by atoms with Crippen LogP contribution in [0.15, 0.2) is 30.3 Å². The summed E-state index contributed by atoms with van der Waals surface area (Å²) in [6.07, 6.45) is 2.08. The summed E-state index contributed by atoms with van der Waals surface area (Å²) in [7, 11) is 0. The molecule has 0 aromatic heterocycles. The summed E-state index contributed by atoms with van der Waals surface area (Å²) in [5.74, 6) is 1.25. The molecule has 1 atom stereocenters. The number of carbonyl (C=O) groups is 1. The van der Waals surface area contributed by atoms with Gasteiger partial charge in [0.2, 0.25) is 5.91 Å². The van der Waals surface area contributed by atoms with Crippen LogP contribution in [-0.4, -0.2) is 25.5 Å². The van der Waals surface area contributed by atoms with Gasteiger partial charge in [-0.25, -0.2) is 0 Å². The number of nitrogens with one attached hydrogen (secondary N) is 2. The maximum atomic E-state index is 11.6. The predicted molar refractivity (Wildman–Crippen MR) is 84.8 cm³/mol. The van der Waals surface area contributed by atoms with E-state index in [0.717, 1.165) is 25.9 Å². The maximum Gasteiger partial charge on any atom is 0.233 e. The molecule has 1 unspecified atom stereocenters. The number of amides is 1. The van der Waals surface area contributed by atoms with Crippen molar-refractivity contribution in [3.8, 4) is 0 Å². The first-order chi connectivity index (χ1) is 9.59. The first-order valence-electron chi connectivity index (χ1n) is 7.62. The van der Waals surface area contributed by atoms with Gasteiger partial charge in [0.25, 0.3) is 0 Å².